The van der Waals surface area contributed by atoms with E-state index in [0.29, 0.717) is 16.1 Å². The van der Waals surface area contributed by atoms with Gasteiger partial charge in [0.05, 0.1) is 5.97 Å². The third-order valence-electron chi connectivity index (χ3n) is 3.38. The van der Waals surface area contributed by atoms with Crippen LogP contribution in [0.25, 0.3) is 0 Å². The average Bonchev–Trinajstić information content (AvgIpc) is 2.71. The summed E-state index contributed by atoms with van der Waals surface area (Å²) in [5.41, 5.74) is 4.77. The first-order chi connectivity index (χ1) is 9.44. The molecular formula is C12H9ClN3NaO4. The Morgan fingerprint density at radius 2 is 2.19 bits per heavy atom. The molecule has 0 fully saturated rings. The second-order valence-electron chi connectivity index (χ2n) is 4.55. The van der Waals surface area contributed by atoms with Crippen LogP contribution in [0.2, 0.25) is 5.02 Å². The van der Waals surface area contributed by atoms with Crippen LogP contribution in [0.4, 0.5) is 4.79 Å². The molecular weight excluding hydrogens is 309 g/mol. The summed E-state index contributed by atoms with van der Waals surface area (Å²) in [7, 11) is 0. The zero-order valence-corrected chi connectivity index (χ0v) is 13.9. The van der Waals surface area contributed by atoms with E-state index in [1.807, 2.05) is 0 Å². The maximum absolute atomic E-state index is 11.5. The van der Waals surface area contributed by atoms with E-state index in [-0.39, 0.29) is 48.4 Å². The van der Waals surface area contributed by atoms with Crippen LogP contribution in [0.1, 0.15) is 11.1 Å². The van der Waals surface area contributed by atoms with Crippen molar-refractivity contribution < 1.29 is 49.0 Å². The van der Waals surface area contributed by atoms with Gasteiger partial charge in [-0.2, -0.15) is 10.1 Å². The summed E-state index contributed by atoms with van der Waals surface area (Å²) in [6.07, 6.45) is 0.0522. The molecule has 7 nitrogen and oxygen atoms in total. The summed E-state index contributed by atoms with van der Waals surface area (Å²) in [4.78, 5) is 22.7. The van der Waals surface area contributed by atoms with Crippen LogP contribution in [0.15, 0.2) is 23.3 Å². The van der Waals surface area contributed by atoms with Crippen molar-refractivity contribution >= 4 is 29.3 Å². The van der Waals surface area contributed by atoms with E-state index in [4.69, 9.17) is 22.1 Å². The van der Waals surface area contributed by atoms with Crippen LogP contribution in [-0.2, 0) is 16.0 Å². The molecule has 2 amide bonds. The number of amides is 2. The molecule has 104 valence electrons. The van der Waals surface area contributed by atoms with E-state index >= 15 is 0 Å². The fraction of sp³-hybridized carbons (Fsp3) is 0.250. The van der Waals surface area contributed by atoms with Crippen LogP contribution in [0, 0.1) is 0 Å². The number of hydrogen-bond acceptors (Lipinski definition) is 5. The molecule has 0 aromatic heterocycles. The number of ether oxygens (including phenoxy) is 1. The second-order valence-corrected chi connectivity index (χ2v) is 4.99. The summed E-state index contributed by atoms with van der Waals surface area (Å²) in [6.45, 7) is -0.339. The second kappa shape index (κ2) is 5.58. The van der Waals surface area contributed by atoms with Crippen LogP contribution in [-0.4, -0.2) is 35.1 Å². The van der Waals surface area contributed by atoms with Crippen molar-refractivity contribution in [3.8, 4) is 0 Å². The van der Waals surface area contributed by atoms with Crippen molar-refractivity contribution in [3.63, 3.8) is 0 Å². The Labute approximate surface area is 147 Å². The van der Waals surface area contributed by atoms with Gasteiger partial charge in [-0.15, -0.1) is 0 Å². The molecule has 2 aliphatic rings. The Hall–Kier alpha value is -1.12. The summed E-state index contributed by atoms with van der Waals surface area (Å²) in [5, 5.41) is 16.8. The van der Waals surface area contributed by atoms with Gasteiger partial charge < -0.3 is 20.4 Å². The van der Waals surface area contributed by atoms with E-state index in [1.165, 1.54) is 0 Å². The number of hydrogen-bond donors (Lipinski definition) is 1. The maximum Gasteiger partial charge on any atom is 1.00 e. The minimum atomic E-state index is -1.70. The Morgan fingerprint density at radius 3 is 2.81 bits per heavy atom. The zero-order valence-electron chi connectivity index (χ0n) is 11.1. The molecule has 9 heteroatoms. The van der Waals surface area contributed by atoms with Gasteiger partial charge in [-0.1, -0.05) is 17.7 Å². The number of carboxylic acid groups (broad SMARTS) is 1. The Morgan fingerprint density at radius 1 is 1.48 bits per heavy atom. The van der Waals surface area contributed by atoms with E-state index in [0.717, 1.165) is 5.01 Å². The van der Waals surface area contributed by atoms with Gasteiger partial charge in [0.1, 0.15) is 12.4 Å². The van der Waals surface area contributed by atoms with Gasteiger partial charge in [0.25, 0.3) is 0 Å². The number of aliphatic carboxylic acids is 1. The average molecular weight is 318 g/mol. The number of fused-ring (bicyclic) bond motifs is 3. The molecule has 0 saturated carbocycles. The molecule has 1 aromatic carbocycles. The number of primary amides is 1. The molecule has 0 saturated heterocycles. The first kappa shape index (κ1) is 16.3. The summed E-state index contributed by atoms with van der Waals surface area (Å²) in [6, 6.07) is 4.05. The molecule has 1 heterocycles. The fourth-order valence-electron chi connectivity index (χ4n) is 2.42. The number of benzene rings is 1. The third-order valence-corrected chi connectivity index (χ3v) is 3.62. The number of nitrogens with two attached hydrogens (primary N) is 1. The largest absolute Gasteiger partial charge is 1.00 e. The molecule has 1 aromatic rings. The Kier molecular flexibility index (Phi) is 4.32. The first-order valence-corrected chi connectivity index (χ1v) is 6.12. The Balaban J connectivity index is 0.00000161. The van der Waals surface area contributed by atoms with Crippen molar-refractivity contribution in [2.45, 2.75) is 12.0 Å². The molecule has 3 rings (SSSR count). The number of urea groups is 1. The zero-order chi connectivity index (χ0) is 14.5. The smallest absolute Gasteiger partial charge is 0.547 e. The standard InChI is InChI=1S/C12H10ClN3O4.Na/c13-7-1-2-8-6(3-7)4-12(10(17)18)9(8)15-16(5-20-12)11(14)19;/h1-3H,4-5H2,(H2,14,19)(H,17,18);/q;+1/p-1/t12-;/m0./s1. The number of nitrogens with zero attached hydrogens (tertiary/aromatic N) is 2. The van der Waals surface area contributed by atoms with E-state index in [2.05, 4.69) is 5.10 Å². The number of halogens is 1. The molecule has 1 aliphatic heterocycles. The Bertz CT molecular complexity index is 666. The van der Waals surface area contributed by atoms with Crippen LogP contribution < -0.4 is 40.4 Å². The van der Waals surface area contributed by atoms with E-state index in [9.17, 15) is 14.7 Å². The van der Waals surface area contributed by atoms with Gasteiger partial charge in [-0.3, -0.25) is 0 Å². The van der Waals surface area contributed by atoms with Crippen molar-refractivity contribution in [2.24, 2.45) is 10.8 Å². The number of carboxylic acids is 1. The van der Waals surface area contributed by atoms with Crippen LogP contribution in [0.3, 0.4) is 0 Å². The molecule has 21 heavy (non-hydrogen) atoms. The van der Waals surface area contributed by atoms with Crippen molar-refractivity contribution in [1.82, 2.24) is 5.01 Å². The van der Waals surface area contributed by atoms with Gasteiger partial charge in [0, 0.05) is 17.0 Å². The molecule has 0 bridgehead atoms. The van der Waals surface area contributed by atoms with Gasteiger partial charge in [0.2, 0.25) is 0 Å². The third kappa shape index (κ3) is 2.45. The van der Waals surface area contributed by atoms with Crippen molar-refractivity contribution in [1.29, 1.82) is 0 Å². The number of rotatable bonds is 1. The van der Waals surface area contributed by atoms with E-state index in [1.54, 1.807) is 18.2 Å². The van der Waals surface area contributed by atoms with Gasteiger partial charge in [-0.25, -0.2) is 4.79 Å². The predicted octanol–water partition coefficient (Wildman–Crippen LogP) is -3.54. The van der Waals surface area contributed by atoms with Gasteiger partial charge >= 0.3 is 35.6 Å². The normalized spacial score (nSPS) is 22.7. The number of carbonyl (C=O) groups excluding carboxylic acids is 2. The number of carbonyl (C=O) groups is 2. The topological polar surface area (TPSA) is 108 Å². The fourth-order valence-corrected chi connectivity index (χ4v) is 2.62. The summed E-state index contributed by atoms with van der Waals surface area (Å²) >= 11 is 5.90. The minimum Gasteiger partial charge on any atom is -0.547 e. The summed E-state index contributed by atoms with van der Waals surface area (Å²) in [5.74, 6) is -1.41. The monoisotopic (exact) mass is 317 g/mol. The van der Waals surface area contributed by atoms with Crippen molar-refractivity contribution in [2.75, 3.05) is 6.73 Å². The maximum atomic E-state index is 11.5. The molecule has 1 atom stereocenters. The molecule has 0 spiro atoms. The minimum absolute atomic E-state index is 0. The molecule has 0 unspecified atom stereocenters. The first-order valence-electron chi connectivity index (χ1n) is 5.74. The molecule has 1 aliphatic carbocycles. The van der Waals surface area contributed by atoms with Crippen molar-refractivity contribution in [3.05, 3.63) is 34.3 Å². The summed E-state index contributed by atoms with van der Waals surface area (Å²) < 4.78 is 5.34. The SMILES string of the molecule is NC(=O)N1CO[C@@]2(C(=O)[O-])Cc3cc(Cl)ccc3C2=N1.[Na+]. The van der Waals surface area contributed by atoms with E-state index < -0.39 is 17.6 Å². The van der Waals surface area contributed by atoms with Crippen LogP contribution in [0.5, 0.6) is 0 Å². The van der Waals surface area contributed by atoms with Gasteiger partial charge in [-0.05, 0) is 17.7 Å². The number of hydrazone groups is 1. The quantitative estimate of drug-likeness (QED) is 0.541. The molecule has 0 radical (unpaired) electrons. The van der Waals surface area contributed by atoms with Gasteiger partial charge in [0.15, 0.2) is 5.60 Å². The predicted molar refractivity (Wildman–Crippen MR) is 66.8 cm³/mol. The van der Waals surface area contributed by atoms with Crippen LogP contribution >= 0.6 is 11.6 Å². The molecule has 2 N–H and O–H groups in total.